The van der Waals surface area contributed by atoms with Gasteiger partial charge in [0, 0.05) is 25.2 Å². The third-order valence-corrected chi connectivity index (χ3v) is 4.85. The van der Waals surface area contributed by atoms with Crippen LogP contribution in [-0.2, 0) is 4.74 Å². The first-order valence-electron chi connectivity index (χ1n) is 9.55. The van der Waals surface area contributed by atoms with E-state index in [0.29, 0.717) is 6.54 Å². The Balaban J connectivity index is 1.67. The number of nitrogens with zero attached hydrogens (tertiary/aromatic N) is 1. The topological polar surface area (TPSA) is 41.6 Å². The van der Waals surface area contributed by atoms with Crippen molar-refractivity contribution in [3.63, 3.8) is 0 Å². The van der Waals surface area contributed by atoms with Crippen LogP contribution in [0, 0.1) is 0 Å². The summed E-state index contributed by atoms with van der Waals surface area (Å²) in [5.41, 5.74) is 0.853. The van der Waals surface area contributed by atoms with Gasteiger partial charge in [-0.25, -0.2) is 4.79 Å². The number of nitrogens with one attached hydrogen (secondary N) is 1. The van der Waals surface area contributed by atoms with Crippen LogP contribution in [0.4, 0.5) is 4.79 Å². The van der Waals surface area contributed by atoms with Gasteiger partial charge in [0.25, 0.3) is 0 Å². The highest BCUT2D eigenvalue weighted by atomic mass is 16.6. The summed E-state index contributed by atoms with van der Waals surface area (Å²) in [5, 5.41) is 6.27. The van der Waals surface area contributed by atoms with E-state index in [1.165, 1.54) is 16.3 Å². The van der Waals surface area contributed by atoms with Gasteiger partial charge >= 0.3 is 6.09 Å². The van der Waals surface area contributed by atoms with E-state index in [9.17, 15) is 4.79 Å². The minimum Gasteiger partial charge on any atom is -0.444 e. The molecule has 26 heavy (non-hydrogen) atoms. The number of hydrogen-bond donors (Lipinski definition) is 1. The summed E-state index contributed by atoms with van der Waals surface area (Å²) >= 11 is 0. The molecule has 1 fully saturated rings. The van der Waals surface area contributed by atoms with Crippen molar-refractivity contribution in [2.24, 2.45) is 0 Å². The van der Waals surface area contributed by atoms with Crippen molar-refractivity contribution in [3.8, 4) is 0 Å². The number of hydrogen-bond acceptors (Lipinski definition) is 3. The van der Waals surface area contributed by atoms with Crippen LogP contribution >= 0.6 is 0 Å². The predicted molar refractivity (Wildman–Crippen MR) is 106 cm³/mol. The lowest BCUT2D eigenvalue weighted by Crippen LogP contribution is -2.49. The molecule has 0 spiro atoms. The highest BCUT2D eigenvalue weighted by Crippen LogP contribution is 2.25. The van der Waals surface area contributed by atoms with Crippen molar-refractivity contribution < 1.29 is 9.53 Å². The molecule has 0 saturated carbocycles. The molecular formula is C22H30N2O2. The Labute approximate surface area is 156 Å². The van der Waals surface area contributed by atoms with Gasteiger partial charge in [0.05, 0.1) is 0 Å². The number of piperidine rings is 1. The molecule has 1 saturated heterocycles. The number of carbonyl (C=O) groups excluding carboxylic acids is 1. The van der Waals surface area contributed by atoms with E-state index >= 15 is 0 Å². The summed E-state index contributed by atoms with van der Waals surface area (Å²) in [6.45, 7) is 9.40. The second-order valence-corrected chi connectivity index (χ2v) is 8.22. The van der Waals surface area contributed by atoms with Crippen LogP contribution in [0.15, 0.2) is 42.5 Å². The van der Waals surface area contributed by atoms with Crippen molar-refractivity contribution in [3.05, 3.63) is 48.0 Å². The largest absolute Gasteiger partial charge is 0.444 e. The molecule has 3 rings (SSSR count). The summed E-state index contributed by atoms with van der Waals surface area (Å²) in [6.07, 6.45) is 1.87. The van der Waals surface area contributed by atoms with Gasteiger partial charge in [0.1, 0.15) is 5.60 Å². The molecule has 1 N–H and O–H groups in total. The molecule has 4 nitrogen and oxygen atoms in total. The molecule has 1 aliphatic heterocycles. The highest BCUT2D eigenvalue weighted by Gasteiger charge is 2.28. The van der Waals surface area contributed by atoms with Crippen molar-refractivity contribution in [2.75, 3.05) is 13.1 Å². The molecule has 1 amide bonds. The van der Waals surface area contributed by atoms with Crippen molar-refractivity contribution in [1.82, 2.24) is 10.2 Å². The van der Waals surface area contributed by atoms with Crippen molar-refractivity contribution in [2.45, 2.75) is 58.2 Å². The summed E-state index contributed by atoms with van der Waals surface area (Å²) in [6, 6.07) is 15.4. The maximum atomic E-state index is 12.4. The number of fused-ring (bicyclic) bond motifs is 1. The van der Waals surface area contributed by atoms with E-state index in [2.05, 4.69) is 54.7 Å². The molecule has 0 radical (unpaired) electrons. The number of amides is 1. The number of carbonyl (C=O) groups is 1. The van der Waals surface area contributed by atoms with Crippen LogP contribution < -0.4 is 5.32 Å². The summed E-state index contributed by atoms with van der Waals surface area (Å²) < 4.78 is 5.53. The van der Waals surface area contributed by atoms with E-state index in [1.807, 2.05) is 25.7 Å². The lowest BCUT2D eigenvalue weighted by Gasteiger charge is -2.36. The lowest BCUT2D eigenvalue weighted by molar-refractivity contribution is 0.0184. The normalized spacial score (nSPS) is 19.4. The number of benzene rings is 2. The highest BCUT2D eigenvalue weighted by molar-refractivity contribution is 5.86. The number of ether oxygens (including phenoxy) is 1. The first-order valence-corrected chi connectivity index (χ1v) is 9.55. The van der Waals surface area contributed by atoms with E-state index < -0.39 is 5.60 Å². The van der Waals surface area contributed by atoms with Crippen LogP contribution in [0.2, 0.25) is 0 Å². The fraction of sp³-hybridized carbons (Fsp3) is 0.500. The van der Waals surface area contributed by atoms with Gasteiger partial charge < -0.3 is 15.0 Å². The quantitative estimate of drug-likeness (QED) is 0.853. The zero-order valence-electron chi connectivity index (χ0n) is 16.3. The molecule has 0 aliphatic carbocycles. The van der Waals surface area contributed by atoms with E-state index in [1.54, 1.807) is 0 Å². The third kappa shape index (κ3) is 4.55. The summed E-state index contributed by atoms with van der Waals surface area (Å²) in [7, 11) is 0. The second-order valence-electron chi connectivity index (χ2n) is 8.22. The van der Waals surface area contributed by atoms with Gasteiger partial charge in [0.15, 0.2) is 0 Å². The van der Waals surface area contributed by atoms with Crippen molar-refractivity contribution in [1.29, 1.82) is 0 Å². The third-order valence-electron chi connectivity index (χ3n) is 4.85. The smallest absolute Gasteiger partial charge is 0.410 e. The maximum Gasteiger partial charge on any atom is 0.410 e. The molecule has 2 aromatic rings. The molecule has 2 aromatic carbocycles. The molecule has 4 heteroatoms. The van der Waals surface area contributed by atoms with Gasteiger partial charge in [0.2, 0.25) is 0 Å². The Hall–Kier alpha value is -2.07. The van der Waals surface area contributed by atoms with E-state index in [4.69, 9.17) is 4.74 Å². The Bertz CT molecular complexity index is 761. The number of rotatable bonds is 3. The SMILES string of the molecule is C[C@H](N[C@H]1CCCN(C(=O)OC(C)(C)C)C1)c1cccc2ccccc12. The lowest BCUT2D eigenvalue weighted by atomic mass is 9.98. The minimum atomic E-state index is -0.451. The van der Waals surface area contributed by atoms with Crippen LogP contribution in [0.5, 0.6) is 0 Å². The molecule has 0 unspecified atom stereocenters. The zero-order chi connectivity index (χ0) is 18.7. The molecule has 140 valence electrons. The van der Waals surface area contributed by atoms with Gasteiger partial charge in [-0.15, -0.1) is 0 Å². The Morgan fingerprint density at radius 3 is 2.69 bits per heavy atom. The van der Waals surface area contributed by atoms with Gasteiger partial charge in [-0.05, 0) is 56.9 Å². The van der Waals surface area contributed by atoms with Crippen molar-refractivity contribution >= 4 is 16.9 Å². The van der Waals surface area contributed by atoms with Crippen LogP contribution in [0.3, 0.4) is 0 Å². The zero-order valence-corrected chi connectivity index (χ0v) is 16.3. The standard InChI is InChI=1S/C22H30N2O2/c1-16(19-13-7-10-17-9-5-6-12-20(17)19)23-18-11-8-14-24(15-18)21(25)26-22(2,3)4/h5-7,9-10,12-13,16,18,23H,8,11,14-15H2,1-4H3/t16-,18-/m0/s1. The minimum absolute atomic E-state index is 0.207. The fourth-order valence-electron chi connectivity index (χ4n) is 3.68. The maximum absolute atomic E-state index is 12.4. The molecule has 1 aliphatic rings. The van der Waals surface area contributed by atoms with E-state index in [0.717, 1.165) is 19.4 Å². The fourth-order valence-corrected chi connectivity index (χ4v) is 3.68. The molecule has 2 atom stereocenters. The Kier molecular flexibility index (Phi) is 5.52. The Morgan fingerprint density at radius 1 is 1.19 bits per heavy atom. The molecular weight excluding hydrogens is 324 g/mol. The van der Waals surface area contributed by atoms with Crippen LogP contribution in [-0.4, -0.2) is 35.7 Å². The molecule has 1 heterocycles. The predicted octanol–water partition coefficient (Wildman–Crippen LogP) is 4.89. The summed E-state index contributed by atoms with van der Waals surface area (Å²) in [5.74, 6) is 0. The monoisotopic (exact) mass is 354 g/mol. The average Bonchev–Trinajstić information content (AvgIpc) is 2.60. The van der Waals surface area contributed by atoms with Crippen LogP contribution in [0.25, 0.3) is 10.8 Å². The van der Waals surface area contributed by atoms with Gasteiger partial charge in [-0.2, -0.15) is 0 Å². The van der Waals surface area contributed by atoms with Gasteiger partial charge in [-0.3, -0.25) is 0 Å². The average molecular weight is 354 g/mol. The van der Waals surface area contributed by atoms with Crippen LogP contribution in [0.1, 0.15) is 52.1 Å². The first kappa shape index (κ1) is 18.7. The second kappa shape index (κ2) is 7.67. The first-order chi connectivity index (χ1) is 12.3. The molecule has 0 aromatic heterocycles. The van der Waals surface area contributed by atoms with Gasteiger partial charge in [-0.1, -0.05) is 42.5 Å². The summed E-state index contributed by atoms with van der Waals surface area (Å²) in [4.78, 5) is 14.2. The number of likely N-dealkylation sites (tertiary alicyclic amines) is 1. The Morgan fingerprint density at radius 2 is 1.92 bits per heavy atom. The van der Waals surface area contributed by atoms with E-state index in [-0.39, 0.29) is 18.2 Å². The molecule has 0 bridgehead atoms.